The number of phosphoric ester groups is 1. The summed E-state index contributed by atoms with van der Waals surface area (Å²) in [5, 5.41) is 24.0. The van der Waals surface area contributed by atoms with Gasteiger partial charge in [-0.05, 0) is 12.8 Å². The van der Waals surface area contributed by atoms with Gasteiger partial charge in [-0.3, -0.25) is 13.8 Å². The van der Waals surface area contributed by atoms with E-state index >= 15 is 0 Å². The molecule has 0 aromatic carbocycles. The van der Waals surface area contributed by atoms with Crippen LogP contribution in [0.3, 0.4) is 0 Å². The van der Waals surface area contributed by atoms with Crippen molar-refractivity contribution in [3.05, 3.63) is 0 Å². The minimum absolute atomic E-state index is 0.0622. The maximum Gasteiger partial charge on any atom is 0.472 e. The number of rotatable bonds is 36. The van der Waals surface area contributed by atoms with Crippen LogP contribution in [0.4, 0.5) is 0 Å². The number of hydrogen-bond donors (Lipinski definition) is 5. The minimum atomic E-state index is -4.36. The first-order chi connectivity index (χ1) is 22.3. The summed E-state index contributed by atoms with van der Waals surface area (Å²) in [6.07, 6.45) is 28.7. The highest BCUT2D eigenvalue weighted by Gasteiger charge is 2.28. The fourth-order valence-corrected chi connectivity index (χ4v) is 6.59. The Labute approximate surface area is 283 Å². The highest BCUT2D eigenvalue weighted by Crippen LogP contribution is 2.43. The van der Waals surface area contributed by atoms with Crippen molar-refractivity contribution in [1.29, 1.82) is 0 Å². The van der Waals surface area contributed by atoms with Crippen molar-refractivity contribution in [2.75, 3.05) is 19.8 Å². The molecule has 9 nitrogen and oxygen atoms in total. The summed E-state index contributed by atoms with van der Waals surface area (Å²) >= 11 is 0. The molecular weight excluding hydrogens is 603 g/mol. The molecule has 0 bridgehead atoms. The molecule has 0 saturated heterocycles. The topological polar surface area (TPSA) is 151 Å². The molecule has 0 saturated carbocycles. The summed E-state index contributed by atoms with van der Waals surface area (Å²) in [6.45, 7) is 4.01. The molecule has 0 aromatic rings. The van der Waals surface area contributed by atoms with Crippen molar-refractivity contribution in [3.63, 3.8) is 0 Å². The quantitative estimate of drug-likeness (QED) is 0.0326. The van der Waals surface area contributed by atoms with Gasteiger partial charge < -0.3 is 26.2 Å². The molecule has 1 amide bonds. The molecule has 0 rings (SSSR count). The number of carbonyl (C=O) groups is 1. The van der Waals surface area contributed by atoms with Crippen molar-refractivity contribution < 1.29 is 33.5 Å². The summed E-state index contributed by atoms with van der Waals surface area (Å²) in [4.78, 5) is 22.6. The largest absolute Gasteiger partial charge is 0.472 e. The van der Waals surface area contributed by atoms with Gasteiger partial charge in [-0.15, -0.1) is 0 Å². The second-order valence-corrected chi connectivity index (χ2v) is 14.8. The molecule has 0 aromatic heterocycles. The predicted molar refractivity (Wildman–Crippen MR) is 191 cm³/mol. The third-order valence-electron chi connectivity index (χ3n) is 8.77. The van der Waals surface area contributed by atoms with E-state index in [4.69, 9.17) is 14.8 Å². The number of unbranched alkanes of at least 4 members (excludes halogenated alkanes) is 22. The van der Waals surface area contributed by atoms with Crippen LogP contribution in [-0.4, -0.2) is 59.0 Å². The zero-order valence-electron chi connectivity index (χ0n) is 29.9. The first-order valence-electron chi connectivity index (χ1n) is 19.2. The summed E-state index contributed by atoms with van der Waals surface area (Å²) in [5.41, 5.74) is 5.35. The summed E-state index contributed by atoms with van der Waals surface area (Å²) in [7, 11) is -4.36. The highest BCUT2D eigenvalue weighted by molar-refractivity contribution is 7.47. The van der Waals surface area contributed by atoms with Crippen LogP contribution in [0, 0.1) is 0 Å². The average molecular weight is 679 g/mol. The standard InChI is InChI=1S/C36H75N2O7P/c1-3-5-7-9-11-13-14-15-16-17-18-19-20-22-24-26-28-35(40)34(32-45-46(42,43)44-30-29-37)38-36(41)31-33(39)27-25-23-21-12-10-8-6-4-2/h33-35,39-40H,3-32,37H2,1-2H3,(H,38,41)(H,42,43). The van der Waals surface area contributed by atoms with Crippen LogP contribution >= 0.6 is 7.82 Å². The smallest absolute Gasteiger partial charge is 0.393 e. The molecule has 0 radical (unpaired) electrons. The van der Waals surface area contributed by atoms with E-state index in [1.54, 1.807) is 0 Å². The van der Waals surface area contributed by atoms with E-state index in [2.05, 4.69) is 19.2 Å². The van der Waals surface area contributed by atoms with Gasteiger partial charge in [0.15, 0.2) is 0 Å². The van der Waals surface area contributed by atoms with Gasteiger partial charge in [-0.2, -0.15) is 0 Å². The molecule has 0 aliphatic rings. The number of hydrogen-bond acceptors (Lipinski definition) is 7. The third kappa shape index (κ3) is 30.8. The lowest BCUT2D eigenvalue weighted by atomic mass is 10.0. The molecule has 10 heteroatoms. The Bertz CT molecular complexity index is 716. The lowest BCUT2D eigenvalue weighted by Gasteiger charge is -2.25. The van der Waals surface area contributed by atoms with Gasteiger partial charge in [-0.1, -0.05) is 168 Å². The average Bonchev–Trinajstić information content (AvgIpc) is 3.03. The minimum Gasteiger partial charge on any atom is -0.393 e. The Kier molecular flexibility index (Phi) is 32.6. The molecule has 0 aliphatic heterocycles. The predicted octanol–water partition coefficient (Wildman–Crippen LogP) is 8.86. The van der Waals surface area contributed by atoms with Crippen molar-refractivity contribution in [3.8, 4) is 0 Å². The third-order valence-corrected chi connectivity index (χ3v) is 9.75. The van der Waals surface area contributed by atoms with Crippen LogP contribution in [-0.2, 0) is 18.4 Å². The van der Waals surface area contributed by atoms with Gasteiger partial charge in [0, 0.05) is 6.54 Å². The molecule has 0 aliphatic carbocycles. The van der Waals surface area contributed by atoms with Gasteiger partial charge in [0.2, 0.25) is 5.91 Å². The van der Waals surface area contributed by atoms with E-state index in [1.165, 1.54) is 116 Å². The summed E-state index contributed by atoms with van der Waals surface area (Å²) in [5.74, 6) is -0.415. The van der Waals surface area contributed by atoms with E-state index in [-0.39, 0.29) is 26.2 Å². The van der Waals surface area contributed by atoms with Crippen LogP contribution in [0.15, 0.2) is 0 Å². The lowest BCUT2D eigenvalue weighted by Crippen LogP contribution is -2.47. The molecule has 6 N–H and O–H groups in total. The fourth-order valence-electron chi connectivity index (χ4n) is 5.83. The van der Waals surface area contributed by atoms with Crippen LogP contribution in [0.1, 0.15) is 187 Å². The van der Waals surface area contributed by atoms with Gasteiger partial charge in [0.1, 0.15) is 0 Å². The van der Waals surface area contributed by atoms with Gasteiger partial charge in [0.25, 0.3) is 0 Å². The molecule has 4 unspecified atom stereocenters. The second-order valence-electron chi connectivity index (χ2n) is 13.3. The van der Waals surface area contributed by atoms with Crippen LogP contribution in [0.5, 0.6) is 0 Å². The highest BCUT2D eigenvalue weighted by atomic mass is 31.2. The van der Waals surface area contributed by atoms with Gasteiger partial charge >= 0.3 is 7.82 Å². The van der Waals surface area contributed by atoms with E-state index < -0.39 is 32.0 Å². The zero-order valence-corrected chi connectivity index (χ0v) is 30.8. The van der Waals surface area contributed by atoms with Gasteiger partial charge in [-0.25, -0.2) is 4.57 Å². The Balaban J connectivity index is 4.31. The molecule has 0 fully saturated rings. The molecular formula is C36H75N2O7P. The van der Waals surface area contributed by atoms with E-state index in [9.17, 15) is 24.5 Å². The zero-order chi connectivity index (χ0) is 34.1. The lowest BCUT2D eigenvalue weighted by molar-refractivity contribution is -0.125. The van der Waals surface area contributed by atoms with Gasteiger partial charge in [0.05, 0.1) is 37.9 Å². The first-order valence-corrected chi connectivity index (χ1v) is 20.7. The van der Waals surface area contributed by atoms with Crippen LogP contribution < -0.4 is 11.1 Å². The van der Waals surface area contributed by atoms with Crippen LogP contribution in [0.25, 0.3) is 0 Å². The second kappa shape index (κ2) is 33.0. The van der Waals surface area contributed by atoms with Crippen molar-refractivity contribution in [1.82, 2.24) is 5.32 Å². The Morgan fingerprint density at radius 3 is 1.46 bits per heavy atom. The van der Waals surface area contributed by atoms with Crippen molar-refractivity contribution in [2.24, 2.45) is 5.73 Å². The monoisotopic (exact) mass is 679 g/mol. The number of carbonyl (C=O) groups excluding carboxylic acids is 1. The summed E-state index contributed by atoms with van der Waals surface area (Å²) < 4.78 is 22.0. The summed E-state index contributed by atoms with van der Waals surface area (Å²) in [6, 6.07) is -0.888. The van der Waals surface area contributed by atoms with Crippen molar-refractivity contribution in [2.45, 2.75) is 205 Å². The molecule has 0 heterocycles. The number of nitrogens with two attached hydrogens (primary N) is 1. The number of aliphatic hydroxyl groups excluding tert-OH is 2. The Hall–Kier alpha value is -0.540. The molecule has 276 valence electrons. The fraction of sp³-hybridized carbons (Fsp3) is 0.972. The first kappa shape index (κ1) is 45.5. The number of aliphatic hydroxyl groups is 2. The van der Waals surface area contributed by atoms with E-state index in [1.807, 2.05) is 0 Å². The Morgan fingerprint density at radius 1 is 0.652 bits per heavy atom. The Morgan fingerprint density at radius 2 is 1.04 bits per heavy atom. The molecule has 0 spiro atoms. The van der Waals surface area contributed by atoms with Crippen molar-refractivity contribution >= 4 is 13.7 Å². The maximum atomic E-state index is 12.7. The molecule has 4 atom stereocenters. The van der Waals surface area contributed by atoms with Crippen LogP contribution in [0.2, 0.25) is 0 Å². The van der Waals surface area contributed by atoms with E-state index in [0.29, 0.717) is 12.8 Å². The number of amides is 1. The molecule has 46 heavy (non-hydrogen) atoms. The SMILES string of the molecule is CCCCCCCCCCCCCCCCCCC(O)C(COP(=O)(O)OCCN)NC(=O)CC(O)CCCCCCCCCC. The normalized spacial score (nSPS) is 15.0. The van der Waals surface area contributed by atoms with E-state index in [0.717, 1.165) is 38.5 Å². The number of phosphoric acid groups is 1. The number of nitrogens with one attached hydrogen (secondary N) is 1. The maximum absolute atomic E-state index is 12.7.